The van der Waals surface area contributed by atoms with Gasteiger partial charge in [-0.05, 0) is 18.7 Å². The maximum atomic E-state index is 5.56. The topological polar surface area (TPSA) is 69.9 Å². The van der Waals surface area contributed by atoms with E-state index in [0.29, 0.717) is 6.54 Å². The van der Waals surface area contributed by atoms with Crippen molar-refractivity contribution >= 4 is 11.1 Å². The first-order chi connectivity index (χ1) is 8.79. The van der Waals surface area contributed by atoms with Gasteiger partial charge in [0.1, 0.15) is 11.3 Å². The van der Waals surface area contributed by atoms with Crippen molar-refractivity contribution in [1.29, 1.82) is 0 Å². The summed E-state index contributed by atoms with van der Waals surface area (Å²) in [4.78, 5) is 8.49. The molecule has 0 amide bonds. The molecule has 0 saturated heterocycles. The fourth-order valence-corrected chi connectivity index (χ4v) is 2.09. The Morgan fingerprint density at radius 1 is 1.33 bits per heavy atom. The van der Waals surface area contributed by atoms with Crippen molar-refractivity contribution in [3.8, 4) is 11.3 Å². The van der Waals surface area contributed by atoms with Crippen molar-refractivity contribution in [1.82, 2.24) is 14.5 Å². The van der Waals surface area contributed by atoms with Gasteiger partial charge in [0.2, 0.25) is 0 Å². The Kier molecular flexibility index (Phi) is 2.60. The highest BCUT2D eigenvalue weighted by Crippen LogP contribution is 2.24. The van der Waals surface area contributed by atoms with Gasteiger partial charge in [-0.15, -0.1) is 0 Å². The van der Waals surface area contributed by atoms with E-state index in [2.05, 4.69) is 14.5 Å². The van der Waals surface area contributed by atoms with E-state index in [0.717, 1.165) is 34.6 Å². The molecule has 0 atom stereocenters. The molecule has 5 heteroatoms. The molecule has 0 aliphatic carbocycles. The molecule has 0 radical (unpaired) electrons. The Balaban J connectivity index is 2.07. The van der Waals surface area contributed by atoms with Crippen molar-refractivity contribution in [2.24, 2.45) is 12.8 Å². The quantitative estimate of drug-likeness (QED) is 0.759. The molecular weight excluding hydrogens is 228 g/mol. The third kappa shape index (κ3) is 1.69. The van der Waals surface area contributed by atoms with Crippen LogP contribution < -0.4 is 5.73 Å². The molecule has 2 heterocycles. The SMILES string of the molecule is Cn1c(-c2ccc3ncoc3c2)cnc1CCN. The molecule has 1 aromatic carbocycles. The van der Waals surface area contributed by atoms with E-state index >= 15 is 0 Å². The van der Waals surface area contributed by atoms with E-state index in [1.807, 2.05) is 31.4 Å². The normalized spacial score (nSPS) is 11.2. The largest absolute Gasteiger partial charge is 0.443 e. The number of oxazole rings is 1. The highest BCUT2D eigenvalue weighted by molar-refractivity contribution is 5.78. The lowest BCUT2D eigenvalue weighted by Crippen LogP contribution is -2.08. The maximum Gasteiger partial charge on any atom is 0.181 e. The van der Waals surface area contributed by atoms with Gasteiger partial charge in [0.25, 0.3) is 0 Å². The number of hydrogen-bond acceptors (Lipinski definition) is 4. The predicted molar refractivity (Wildman–Crippen MR) is 69.0 cm³/mol. The van der Waals surface area contributed by atoms with E-state index in [1.54, 1.807) is 0 Å². The lowest BCUT2D eigenvalue weighted by Gasteiger charge is -2.05. The first-order valence-electron chi connectivity index (χ1n) is 5.84. The maximum absolute atomic E-state index is 5.56. The monoisotopic (exact) mass is 242 g/mol. The van der Waals surface area contributed by atoms with Gasteiger partial charge in [-0.3, -0.25) is 0 Å². The summed E-state index contributed by atoms with van der Waals surface area (Å²) in [5, 5.41) is 0. The second kappa shape index (κ2) is 4.27. The number of fused-ring (bicyclic) bond motifs is 1. The molecule has 0 aliphatic heterocycles. The summed E-state index contributed by atoms with van der Waals surface area (Å²) in [5.41, 5.74) is 9.33. The number of rotatable bonds is 3. The van der Waals surface area contributed by atoms with E-state index in [9.17, 15) is 0 Å². The van der Waals surface area contributed by atoms with Crippen LogP contribution in [0.15, 0.2) is 35.2 Å². The second-order valence-corrected chi connectivity index (χ2v) is 4.19. The summed E-state index contributed by atoms with van der Waals surface area (Å²) in [7, 11) is 2.00. The van der Waals surface area contributed by atoms with Gasteiger partial charge < -0.3 is 14.7 Å². The smallest absolute Gasteiger partial charge is 0.181 e. The summed E-state index contributed by atoms with van der Waals surface area (Å²) in [5.74, 6) is 0.991. The molecule has 18 heavy (non-hydrogen) atoms. The minimum atomic E-state index is 0.603. The Morgan fingerprint density at radius 2 is 2.22 bits per heavy atom. The Bertz CT molecular complexity index is 683. The minimum absolute atomic E-state index is 0.603. The van der Waals surface area contributed by atoms with Crippen LogP contribution in [0.2, 0.25) is 0 Å². The molecule has 5 nitrogen and oxygen atoms in total. The van der Waals surface area contributed by atoms with Gasteiger partial charge in [-0.25, -0.2) is 9.97 Å². The second-order valence-electron chi connectivity index (χ2n) is 4.19. The van der Waals surface area contributed by atoms with Gasteiger partial charge in [-0.2, -0.15) is 0 Å². The van der Waals surface area contributed by atoms with Crippen LogP contribution in [-0.2, 0) is 13.5 Å². The van der Waals surface area contributed by atoms with Crippen LogP contribution in [0.25, 0.3) is 22.4 Å². The highest BCUT2D eigenvalue weighted by atomic mass is 16.3. The summed E-state index contributed by atoms with van der Waals surface area (Å²) in [6.07, 6.45) is 4.10. The van der Waals surface area contributed by atoms with Crippen LogP contribution in [0.3, 0.4) is 0 Å². The molecular formula is C13H14N4O. The third-order valence-electron chi connectivity index (χ3n) is 3.08. The van der Waals surface area contributed by atoms with Crippen LogP contribution in [0.4, 0.5) is 0 Å². The molecule has 3 rings (SSSR count). The lowest BCUT2D eigenvalue weighted by molar-refractivity contribution is 0.602. The molecule has 0 bridgehead atoms. The molecule has 0 aliphatic rings. The molecule has 3 aromatic rings. The number of benzene rings is 1. The highest BCUT2D eigenvalue weighted by Gasteiger charge is 2.09. The van der Waals surface area contributed by atoms with Gasteiger partial charge in [0.05, 0.1) is 11.9 Å². The molecule has 0 spiro atoms. The Labute approximate surface area is 104 Å². The van der Waals surface area contributed by atoms with Crippen molar-refractivity contribution in [3.05, 3.63) is 36.6 Å². The molecule has 0 saturated carbocycles. The van der Waals surface area contributed by atoms with Crippen molar-refractivity contribution in [2.75, 3.05) is 6.54 Å². The zero-order valence-corrected chi connectivity index (χ0v) is 10.1. The average molecular weight is 242 g/mol. The fraction of sp³-hybridized carbons (Fsp3) is 0.231. The summed E-state index contributed by atoms with van der Waals surface area (Å²) < 4.78 is 7.37. The van der Waals surface area contributed by atoms with Crippen molar-refractivity contribution in [2.45, 2.75) is 6.42 Å². The first kappa shape index (κ1) is 11.0. The number of hydrogen-bond donors (Lipinski definition) is 1. The van der Waals surface area contributed by atoms with Crippen LogP contribution in [0, 0.1) is 0 Å². The van der Waals surface area contributed by atoms with E-state index in [4.69, 9.17) is 10.2 Å². The van der Waals surface area contributed by atoms with Crippen LogP contribution in [0.1, 0.15) is 5.82 Å². The van der Waals surface area contributed by atoms with E-state index in [1.165, 1.54) is 6.39 Å². The summed E-state index contributed by atoms with van der Waals surface area (Å²) in [6, 6.07) is 5.95. The Hall–Kier alpha value is -2.14. The molecule has 0 fully saturated rings. The van der Waals surface area contributed by atoms with Crippen LogP contribution in [0.5, 0.6) is 0 Å². The molecule has 2 N–H and O–H groups in total. The molecule has 0 unspecified atom stereocenters. The Morgan fingerprint density at radius 3 is 3.06 bits per heavy atom. The zero-order valence-electron chi connectivity index (χ0n) is 10.1. The standard InChI is InChI=1S/C13H14N4O/c1-17-11(7-15-13(17)4-5-14)9-2-3-10-12(6-9)18-8-16-10/h2-3,6-8H,4-5,14H2,1H3. The van der Waals surface area contributed by atoms with Gasteiger partial charge >= 0.3 is 0 Å². The van der Waals surface area contributed by atoms with Gasteiger partial charge in [0, 0.05) is 19.0 Å². The lowest BCUT2D eigenvalue weighted by atomic mass is 10.1. The zero-order chi connectivity index (χ0) is 12.5. The van der Waals surface area contributed by atoms with Crippen LogP contribution >= 0.6 is 0 Å². The van der Waals surface area contributed by atoms with Crippen molar-refractivity contribution in [3.63, 3.8) is 0 Å². The van der Waals surface area contributed by atoms with Gasteiger partial charge in [0.15, 0.2) is 12.0 Å². The minimum Gasteiger partial charge on any atom is -0.443 e. The number of nitrogens with zero attached hydrogens (tertiary/aromatic N) is 3. The summed E-state index contributed by atoms with van der Waals surface area (Å²) >= 11 is 0. The molecule has 2 aromatic heterocycles. The first-order valence-corrected chi connectivity index (χ1v) is 5.84. The van der Waals surface area contributed by atoms with Gasteiger partial charge in [-0.1, -0.05) is 6.07 Å². The molecule has 92 valence electrons. The third-order valence-corrected chi connectivity index (χ3v) is 3.08. The number of nitrogens with two attached hydrogens (primary N) is 1. The van der Waals surface area contributed by atoms with E-state index in [-0.39, 0.29) is 0 Å². The average Bonchev–Trinajstić information content (AvgIpc) is 2.97. The fourth-order valence-electron chi connectivity index (χ4n) is 2.09. The van der Waals surface area contributed by atoms with E-state index < -0.39 is 0 Å². The summed E-state index contributed by atoms with van der Waals surface area (Å²) in [6.45, 7) is 0.603. The predicted octanol–water partition coefficient (Wildman–Crippen LogP) is 1.73. The number of imidazole rings is 1. The number of aromatic nitrogens is 3. The van der Waals surface area contributed by atoms with Crippen LogP contribution in [-0.4, -0.2) is 21.1 Å². The van der Waals surface area contributed by atoms with Crippen molar-refractivity contribution < 1.29 is 4.42 Å².